The Bertz CT molecular complexity index is 51.5. The molecule has 0 aliphatic heterocycles. The summed E-state index contributed by atoms with van der Waals surface area (Å²) in [5, 5.41) is 0.372. The fraction of sp³-hybridized carbons (Fsp3) is 0.500. The first kappa shape index (κ1) is 6.56. The van der Waals surface area contributed by atoms with E-state index in [1.165, 1.54) is 6.56 Å². The average Bonchev–Trinajstić information content (AvgIpc) is 1.65. The summed E-state index contributed by atoms with van der Waals surface area (Å²) in [7, 11) is 0. The molecule has 0 aliphatic carbocycles. The average molecular weight is 166 g/mol. The van der Waals surface area contributed by atoms with Crippen molar-refractivity contribution in [2.75, 3.05) is 5.33 Å². The maximum atomic E-state index is 10.0. The fourth-order valence-corrected chi connectivity index (χ4v) is 0.538. The zero-order valence-corrected chi connectivity index (χ0v) is 5.50. The van der Waals surface area contributed by atoms with Gasteiger partial charge in [0, 0.05) is 0 Å². The highest BCUT2D eigenvalue weighted by Crippen LogP contribution is 1.80. The molecule has 1 nitrogen and oxygen atoms in total. The molecule has 0 aromatic rings. The molecule has 0 atom stereocenters. The van der Waals surface area contributed by atoms with Gasteiger partial charge in [0.15, 0.2) is 0 Å². The molecule has 0 amide bonds. The molecule has 0 spiro atoms. The predicted molar refractivity (Wildman–Crippen MR) is 33.5 cm³/mol. The van der Waals surface area contributed by atoms with Crippen LogP contribution < -0.4 is 0 Å². The number of carbonyl (C=O) groups is 1. The number of carbonyl (C=O) groups excluding carboxylic acids is 1. The summed E-state index contributed by atoms with van der Waals surface area (Å²) in [6, 6.07) is 0. The van der Waals surface area contributed by atoms with Crippen molar-refractivity contribution >= 4 is 40.7 Å². The second-order valence-corrected chi connectivity index (χ2v) is 1.55. The highest BCUT2D eigenvalue weighted by atomic mass is 79.9. The van der Waals surface area contributed by atoms with Gasteiger partial charge in [-0.3, -0.25) is 0 Å². The fourth-order valence-electron chi connectivity index (χ4n) is 0.0345. The van der Waals surface area contributed by atoms with Crippen LogP contribution in [0.4, 0.5) is 0 Å². The standard InChI is InChI=1S/C2H3BBrOS/c4-1-2(5)3-6/h6H,1H2. The Labute approximate surface area is 51.2 Å². The molecule has 0 aliphatic rings. The number of thiol groups is 1. The molecule has 0 saturated carbocycles. The minimum Gasteiger partial charge on any atom is -0.310 e. The van der Waals surface area contributed by atoms with E-state index in [9.17, 15) is 4.79 Å². The SMILES string of the molecule is O=C([B]S)CBr. The van der Waals surface area contributed by atoms with Gasteiger partial charge in [-0.2, -0.15) is 0 Å². The lowest BCUT2D eigenvalue weighted by Crippen LogP contribution is -2.02. The van der Waals surface area contributed by atoms with E-state index in [0.717, 1.165) is 0 Å². The highest BCUT2D eigenvalue weighted by Gasteiger charge is 1.92. The Hall–Kier alpha value is 0.565. The molecule has 6 heavy (non-hydrogen) atoms. The quantitative estimate of drug-likeness (QED) is 0.358. The number of halogens is 1. The van der Waals surface area contributed by atoms with Gasteiger partial charge in [-0.05, 0) is 0 Å². The molecule has 0 bridgehead atoms. The van der Waals surface area contributed by atoms with E-state index >= 15 is 0 Å². The Morgan fingerprint density at radius 2 is 2.50 bits per heavy atom. The first-order valence-corrected chi connectivity index (χ1v) is 3.01. The largest absolute Gasteiger partial charge is 0.310 e. The van der Waals surface area contributed by atoms with E-state index in [4.69, 9.17) is 0 Å². The molecular formula is C2H3BBrOS. The van der Waals surface area contributed by atoms with Gasteiger partial charge in [0.1, 0.15) is 5.68 Å². The van der Waals surface area contributed by atoms with Gasteiger partial charge >= 0.3 is 0 Å². The van der Waals surface area contributed by atoms with Crippen molar-refractivity contribution in [1.82, 2.24) is 0 Å². The topological polar surface area (TPSA) is 17.1 Å². The van der Waals surface area contributed by atoms with Crippen LogP contribution in [0.15, 0.2) is 0 Å². The van der Waals surface area contributed by atoms with Crippen LogP contribution in [0.25, 0.3) is 0 Å². The predicted octanol–water partition coefficient (Wildman–Crippen LogP) is 0.457. The molecule has 0 heterocycles. The summed E-state index contributed by atoms with van der Waals surface area (Å²) in [6.07, 6.45) is 0. The summed E-state index contributed by atoms with van der Waals surface area (Å²) >= 11 is 6.54. The first-order valence-electron chi connectivity index (χ1n) is 1.37. The number of alkyl halides is 1. The lowest BCUT2D eigenvalue weighted by molar-refractivity contribution is -0.109. The van der Waals surface area contributed by atoms with Crippen LogP contribution in [0, 0.1) is 0 Å². The van der Waals surface area contributed by atoms with Gasteiger partial charge in [0.05, 0.1) is 5.33 Å². The second kappa shape index (κ2) is 3.74. The van der Waals surface area contributed by atoms with E-state index in [2.05, 4.69) is 28.4 Å². The Balaban J connectivity index is 2.99. The zero-order valence-electron chi connectivity index (χ0n) is 3.02. The van der Waals surface area contributed by atoms with Crippen LogP contribution in [0.5, 0.6) is 0 Å². The van der Waals surface area contributed by atoms with Crippen LogP contribution >= 0.6 is 28.4 Å². The van der Waals surface area contributed by atoms with Crippen molar-refractivity contribution < 1.29 is 4.79 Å². The summed E-state index contributed by atoms with van der Waals surface area (Å²) < 4.78 is 0. The van der Waals surface area contributed by atoms with Gasteiger partial charge in [-0.15, -0.1) is 0 Å². The summed E-state index contributed by atoms with van der Waals surface area (Å²) in [4.78, 5) is 10.0. The van der Waals surface area contributed by atoms with Gasteiger partial charge < -0.3 is 4.79 Å². The minimum atomic E-state index is -0.00154. The number of rotatable bonds is 2. The summed E-state index contributed by atoms with van der Waals surface area (Å²) in [6.45, 7) is 1.23. The van der Waals surface area contributed by atoms with E-state index in [0.29, 0.717) is 5.33 Å². The molecular weight excluding hydrogens is 163 g/mol. The van der Waals surface area contributed by atoms with Crippen LogP contribution in [-0.4, -0.2) is 17.6 Å². The third kappa shape index (κ3) is 2.78. The Kier molecular flexibility index (Phi) is 4.10. The van der Waals surface area contributed by atoms with Gasteiger partial charge in [0.25, 0.3) is 6.56 Å². The molecule has 0 aromatic carbocycles. The second-order valence-electron chi connectivity index (χ2n) is 0.729. The number of hydrogen-bond donors (Lipinski definition) is 1. The maximum Gasteiger partial charge on any atom is 0.276 e. The lowest BCUT2D eigenvalue weighted by atomic mass is 10.0. The van der Waals surface area contributed by atoms with Crippen LogP contribution in [0.3, 0.4) is 0 Å². The molecule has 33 valence electrons. The summed E-state index contributed by atoms with van der Waals surface area (Å²) in [5.74, 6) is 0. The third-order valence-electron chi connectivity index (χ3n) is 0.276. The first-order chi connectivity index (χ1) is 2.81. The molecule has 0 rings (SSSR count). The molecule has 0 N–H and O–H groups in total. The van der Waals surface area contributed by atoms with Crippen molar-refractivity contribution in [2.45, 2.75) is 0 Å². The molecule has 1 radical (unpaired) electrons. The normalized spacial score (nSPS) is 7.67. The number of hydrogen-bond acceptors (Lipinski definition) is 2. The van der Waals surface area contributed by atoms with Crippen LogP contribution in [-0.2, 0) is 4.79 Å². The van der Waals surface area contributed by atoms with Crippen LogP contribution in [0.1, 0.15) is 0 Å². The van der Waals surface area contributed by atoms with E-state index in [-0.39, 0.29) is 5.68 Å². The van der Waals surface area contributed by atoms with E-state index in [1.807, 2.05) is 0 Å². The van der Waals surface area contributed by atoms with Gasteiger partial charge in [-0.25, -0.2) is 12.5 Å². The monoisotopic (exact) mass is 165 g/mol. The molecule has 0 unspecified atom stereocenters. The molecule has 0 fully saturated rings. The Morgan fingerprint density at radius 1 is 2.00 bits per heavy atom. The van der Waals surface area contributed by atoms with Gasteiger partial charge in [-0.1, -0.05) is 15.9 Å². The smallest absolute Gasteiger partial charge is 0.276 e. The molecule has 4 heteroatoms. The van der Waals surface area contributed by atoms with Crippen LogP contribution in [0.2, 0.25) is 0 Å². The summed E-state index contributed by atoms with van der Waals surface area (Å²) in [5.41, 5.74) is -0.00154. The Morgan fingerprint density at radius 3 is 2.50 bits per heavy atom. The maximum absolute atomic E-state index is 10.0. The molecule has 0 saturated heterocycles. The van der Waals surface area contributed by atoms with Crippen molar-refractivity contribution in [3.05, 3.63) is 0 Å². The van der Waals surface area contributed by atoms with Crippen molar-refractivity contribution in [3.8, 4) is 0 Å². The van der Waals surface area contributed by atoms with E-state index in [1.54, 1.807) is 0 Å². The third-order valence-corrected chi connectivity index (χ3v) is 1.12. The highest BCUT2D eigenvalue weighted by molar-refractivity contribution is 9.09. The van der Waals surface area contributed by atoms with Gasteiger partial charge in [0.2, 0.25) is 0 Å². The van der Waals surface area contributed by atoms with E-state index < -0.39 is 0 Å². The zero-order chi connectivity index (χ0) is 4.99. The lowest BCUT2D eigenvalue weighted by Gasteiger charge is -1.77. The minimum absolute atomic E-state index is 0.00154. The van der Waals surface area contributed by atoms with Crippen molar-refractivity contribution in [1.29, 1.82) is 0 Å². The van der Waals surface area contributed by atoms with Crippen molar-refractivity contribution in [3.63, 3.8) is 0 Å². The van der Waals surface area contributed by atoms with Crippen molar-refractivity contribution in [2.24, 2.45) is 0 Å². The molecule has 0 aromatic heterocycles.